The maximum Gasteiger partial charge on any atom is 0.240 e. The van der Waals surface area contributed by atoms with Crippen LogP contribution in [0.4, 0.5) is 0 Å². The van der Waals surface area contributed by atoms with Crippen LogP contribution in [-0.4, -0.2) is 51.1 Å². The number of sulfonamides is 1. The smallest absolute Gasteiger partial charge is 0.240 e. The van der Waals surface area contributed by atoms with Crippen LogP contribution in [-0.2, 0) is 16.6 Å². The van der Waals surface area contributed by atoms with Crippen LogP contribution in [0.15, 0.2) is 64.1 Å². The van der Waals surface area contributed by atoms with E-state index in [4.69, 9.17) is 44.4 Å². The number of nitrogens with one attached hydrogen (secondary N) is 1. The third-order valence-electron chi connectivity index (χ3n) is 6.34. The van der Waals surface area contributed by atoms with Crippen LogP contribution in [0.25, 0.3) is 22.3 Å². The Bertz CT molecular complexity index is 1580. The molecule has 0 fully saturated rings. The Morgan fingerprint density at radius 2 is 1.17 bits per heavy atom. The maximum absolute atomic E-state index is 13.1. The molecule has 0 radical (unpaired) electrons. The van der Waals surface area contributed by atoms with Crippen LogP contribution in [0.2, 0.25) is 5.02 Å². The molecule has 4 aromatic rings. The molecule has 3 aromatic carbocycles. The predicted octanol–water partition coefficient (Wildman–Crippen LogP) is 5.80. The van der Waals surface area contributed by atoms with Crippen LogP contribution in [0, 0.1) is 0 Å². The first-order valence-electron chi connectivity index (χ1n) is 12.2. The van der Waals surface area contributed by atoms with E-state index in [0.29, 0.717) is 67.5 Å². The van der Waals surface area contributed by atoms with Gasteiger partial charge in [-0.25, -0.2) is 13.1 Å². The maximum atomic E-state index is 13.1. The van der Waals surface area contributed by atoms with Gasteiger partial charge in [-0.15, -0.1) is 0 Å². The lowest BCUT2D eigenvalue weighted by atomic mass is 9.95. The number of halogens is 1. The molecule has 4 rings (SSSR count). The van der Waals surface area contributed by atoms with Crippen molar-refractivity contribution < 1.29 is 41.3 Å². The lowest BCUT2D eigenvalue weighted by molar-refractivity contribution is 0.324. The first-order valence-corrected chi connectivity index (χ1v) is 14.0. The molecule has 41 heavy (non-hydrogen) atoms. The van der Waals surface area contributed by atoms with Crippen molar-refractivity contribution in [2.24, 2.45) is 0 Å². The van der Waals surface area contributed by atoms with Gasteiger partial charge >= 0.3 is 0 Å². The largest absolute Gasteiger partial charge is 0.493 e. The van der Waals surface area contributed by atoms with Crippen molar-refractivity contribution in [2.45, 2.75) is 11.4 Å². The SMILES string of the molecule is COc1cc(-c2coc(CNS(=O)(=O)c3ccc(Cl)cc3)c2-c2cc(OC)c(OC)c(OC)c2)cc(OC)c1OC. The van der Waals surface area contributed by atoms with Gasteiger partial charge in [0.1, 0.15) is 5.76 Å². The molecule has 0 spiro atoms. The highest BCUT2D eigenvalue weighted by Gasteiger charge is 2.25. The molecule has 218 valence electrons. The van der Waals surface area contributed by atoms with Crippen molar-refractivity contribution in [1.82, 2.24) is 4.72 Å². The highest BCUT2D eigenvalue weighted by Crippen LogP contribution is 2.47. The normalized spacial score (nSPS) is 11.2. The van der Waals surface area contributed by atoms with Crippen LogP contribution in [0.3, 0.4) is 0 Å². The van der Waals surface area contributed by atoms with Crippen molar-refractivity contribution in [3.63, 3.8) is 0 Å². The van der Waals surface area contributed by atoms with E-state index < -0.39 is 10.0 Å². The van der Waals surface area contributed by atoms with Gasteiger partial charge in [-0.1, -0.05) is 11.6 Å². The molecular formula is C29H30ClNO9S. The van der Waals surface area contributed by atoms with E-state index in [1.165, 1.54) is 73.2 Å². The average molecular weight is 604 g/mol. The van der Waals surface area contributed by atoms with E-state index >= 15 is 0 Å². The summed E-state index contributed by atoms with van der Waals surface area (Å²) in [6, 6.07) is 12.9. The van der Waals surface area contributed by atoms with Gasteiger partial charge in [0, 0.05) is 16.1 Å². The van der Waals surface area contributed by atoms with Crippen molar-refractivity contribution >= 4 is 21.6 Å². The molecule has 1 N–H and O–H groups in total. The lowest BCUT2D eigenvalue weighted by Crippen LogP contribution is -2.23. The highest BCUT2D eigenvalue weighted by molar-refractivity contribution is 7.89. The van der Waals surface area contributed by atoms with Gasteiger partial charge in [-0.2, -0.15) is 0 Å². The van der Waals surface area contributed by atoms with E-state index in [-0.39, 0.29) is 11.4 Å². The summed E-state index contributed by atoms with van der Waals surface area (Å²) in [7, 11) is 5.20. The van der Waals surface area contributed by atoms with Gasteiger partial charge < -0.3 is 32.8 Å². The number of furan rings is 1. The van der Waals surface area contributed by atoms with E-state index in [1.54, 1.807) is 24.3 Å². The lowest BCUT2D eigenvalue weighted by Gasteiger charge is -2.17. The molecule has 0 saturated carbocycles. The fraction of sp³-hybridized carbons (Fsp3) is 0.241. The Balaban J connectivity index is 1.90. The van der Waals surface area contributed by atoms with Crippen LogP contribution in [0.1, 0.15) is 5.76 Å². The summed E-state index contributed by atoms with van der Waals surface area (Å²) in [6.07, 6.45) is 1.53. The van der Waals surface area contributed by atoms with Crippen molar-refractivity contribution in [3.8, 4) is 56.8 Å². The minimum Gasteiger partial charge on any atom is -0.493 e. The fourth-order valence-electron chi connectivity index (χ4n) is 4.38. The zero-order chi connectivity index (χ0) is 29.7. The second-order valence-electron chi connectivity index (χ2n) is 8.55. The summed E-state index contributed by atoms with van der Waals surface area (Å²) in [5.41, 5.74) is 2.49. The quantitative estimate of drug-likeness (QED) is 0.215. The number of rotatable bonds is 12. The third-order valence-corrected chi connectivity index (χ3v) is 8.01. The second kappa shape index (κ2) is 12.6. The van der Waals surface area contributed by atoms with E-state index in [2.05, 4.69) is 4.72 Å². The van der Waals surface area contributed by atoms with Crippen LogP contribution >= 0.6 is 11.6 Å². The monoisotopic (exact) mass is 603 g/mol. The second-order valence-corrected chi connectivity index (χ2v) is 10.8. The van der Waals surface area contributed by atoms with Gasteiger partial charge in [0.05, 0.1) is 60.4 Å². The Morgan fingerprint density at radius 1 is 0.707 bits per heavy atom. The molecule has 12 heteroatoms. The molecule has 10 nitrogen and oxygen atoms in total. The molecule has 0 unspecified atom stereocenters. The minimum absolute atomic E-state index is 0.0626. The topological polar surface area (TPSA) is 115 Å². The van der Waals surface area contributed by atoms with E-state index in [1.807, 2.05) is 0 Å². The Hall–Kier alpha value is -4.06. The molecular weight excluding hydrogens is 574 g/mol. The van der Waals surface area contributed by atoms with Crippen LogP contribution in [0.5, 0.6) is 34.5 Å². The number of methoxy groups -OCH3 is 6. The van der Waals surface area contributed by atoms with Crippen LogP contribution < -0.4 is 33.1 Å². The Kier molecular flexibility index (Phi) is 9.21. The summed E-state index contributed by atoms with van der Waals surface area (Å²) in [6.45, 7) is -0.165. The molecule has 0 aliphatic rings. The molecule has 0 bridgehead atoms. The third kappa shape index (κ3) is 6.02. The summed E-state index contributed by atoms with van der Waals surface area (Å²) in [5.74, 6) is 2.85. The predicted molar refractivity (Wildman–Crippen MR) is 154 cm³/mol. The van der Waals surface area contributed by atoms with Gasteiger partial charge in [0.15, 0.2) is 23.0 Å². The van der Waals surface area contributed by atoms with Gasteiger partial charge in [-0.3, -0.25) is 0 Å². The van der Waals surface area contributed by atoms with Gasteiger partial charge in [-0.05, 0) is 59.7 Å². The van der Waals surface area contributed by atoms with Crippen molar-refractivity contribution in [3.05, 3.63) is 65.6 Å². The number of hydrogen-bond donors (Lipinski definition) is 1. The van der Waals surface area contributed by atoms with Gasteiger partial charge in [0.2, 0.25) is 21.5 Å². The summed E-state index contributed by atoms with van der Waals surface area (Å²) >= 11 is 5.93. The molecule has 1 heterocycles. The van der Waals surface area contributed by atoms with Crippen molar-refractivity contribution in [2.75, 3.05) is 42.7 Å². The van der Waals surface area contributed by atoms with E-state index in [9.17, 15) is 8.42 Å². The molecule has 0 atom stereocenters. The average Bonchev–Trinajstić information content (AvgIpc) is 3.42. The first-order chi connectivity index (χ1) is 19.7. The minimum atomic E-state index is -3.89. The fourth-order valence-corrected chi connectivity index (χ4v) is 5.48. The van der Waals surface area contributed by atoms with E-state index in [0.717, 1.165) is 0 Å². The molecule has 0 saturated heterocycles. The summed E-state index contributed by atoms with van der Waals surface area (Å²) < 4.78 is 67.9. The number of ether oxygens (including phenoxy) is 6. The van der Waals surface area contributed by atoms with Crippen molar-refractivity contribution in [1.29, 1.82) is 0 Å². The summed E-state index contributed by atoms with van der Waals surface area (Å²) in [4.78, 5) is 0.0626. The molecule has 0 aliphatic heterocycles. The zero-order valence-corrected chi connectivity index (χ0v) is 24.9. The molecule has 0 aliphatic carbocycles. The molecule has 1 aromatic heterocycles. The highest BCUT2D eigenvalue weighted by atomic mass is 35.5. The first kappa shape index (κ1) is 29.9. The zero-order valence-electron chi connectivity index (χ0n) is 23.4. The Morgan fingerprint density at radius 3 is 1.61 bits per heavy atom. The van der Waals surface area contributed by atoms with Gasteiger partial charge in [0.25, 0.3) is 0 Å². The standard InChI is InChI=1S/C29H30ClNO9S/c1-34-22-11-17(12-23(35-2)28(22)38-5)21-16-40-26(15-31-41(32,33)20-9-7-19(30)8-10-20)27(21)18-13-24(36-3)29(39-6)25(14-18)37-4/h7-14,16,31H,15H2,1-6H3. The number of hydrogen-bond acceptors (Lipinski definition) is 9. The Labute approximate surface area is 243 Å². The number of benzene rings is 3. The molecule has 0 amide bonds. The summed E-state index contributed by atoms with van der Waals surface area (Å²) in [5, 5.41) is 0.426.